The monoisotopic (exact) mass is 892 g/mol. The summed E-state index contributed by atoms with van der Waals surface area (Å²) in [6.45, 7) is 0. The molecule has 68 heavy (non-hydrogen) atoms. The van der Waals surface area contributed by atoms with Crippen LogP contribution in [0.3, 0.4) is 0 Å². The Kier molecular flexibility index (Phi) is 9.69. The number of nitrogens with zero attached hydrogens (tertiary/aromatic N) is 2. The minimum atomic E-state index is -4.93. The fourth-order valence-electron chi connectivity index (χ4n) is 9.92. The second kappa shape index (κ2) is 16.1. The molecule has 0 aliphatic carbocycles. The number of hydrogen-bond donors (Lipinski definition) is 0. The first-order chi connectivity index (χ1) is 33.2. The number of aromatic nitrogens is 2. The van der Waals surface area contributed by atoms with Gasteiger partial charge in [-0.1, -0.05) is 146 Å². The minimum absolute atomic E-state index is 0.232. The van der Waals surface area contributed by atoms with Gasteiger partial charge in [-0.2, -0.15) is 13.2 Å². The highest BCUT2D eigenvalue weighted by molar-refractivity contribution is 6.14. The molecular formula is C61H37F5N2. The molecule has 0 fully saturated rings. The SMILES string of the molecule is Fc1cc(F)cc(-c2cc(-n3c4ccc(-c5ccccc5)cc4c4cc(-c5ccccc5)ccc43)c(-n3c4ccc(-c5ccccc5)cc4c4cc(-c5ccccc5)ccc43)cc2C(F)(F)F)c1. The summed E-state index contributed by atoms with van der Waals surface area (Å²) in [5.41, 5.74) is 9.69. The lowest BCUT2D eigenvalue weighted by molar-refractivity contribution is -0.137. The first kappa shape index (κ1) is 40.9. The van der Waals surface area contributed by atoms with E-state index in [9.17, 15) is 0 Å². The Bertz CT molecular complexity index is 3680. The molecule has 10 aromatic carbocycles. The van der Waals surface area contributed by atoms with Crippen molar-refractivity contribution in [2.45, 2.75) is 6.18 Å². The molecule has 2 heterocycles. The number of fused-ring (bicyclic) bond motifs is 6. The van der Waals surface area contributed by atoms with E-state index in [-0.39, 0.29) is 16.8 Å². The van der Waals surface area contributed by atoms with Gasteiger partial charge >= 0.3 is 6.18 Å². The fourth-order valence-corrected chi connectivity index (χ4v) is 9.92. The van der Waals surface area contributed by atoms with Gasteiger partial charge in [-0.05, 0) is 128 Å². The van der Waals surface area contributed by atoms with Crippen molar-refractivity contribution >= 4 is 43.6 Å². The lowest BCUT2D eigenvalue weighted by atomic mass is 9.96. The van der Waals surface area contributed by atoms with Crippen LogP contribution >= 0.6 is 0 Å². The predicted octanol–water partition coefficient (Wildman–Crippen LogP) is 17.5. The van der Waals surface area contributed by atoms with E-state index in [1.54, 1.807) is 0 Å². The van der Waals surface area contributed by atoms with Crippen LogP contribution in [0.25, 0.3) is 111 Å². The van der Waals surface area contributed by atoms with Gasteiger partial charge in [-0.3, -0.25) is 0 Å². The number of rotatable bonds is 7. The summed E-state index contributed by atoms with van der Waals surface area (Å²) in [6.07, 6.45) is -4.93. The van der Waals surface area contributed by atoms with Gasteiger partial charge in [0.1, 0.15) is 11.6 Å². The van der Waals surface area contributed by atoms with E-state index < -0.39 is 23.4 Å². The lowest BCUT2D eigenvalue weighted by Gasteiger charge is -2.22. The Morgan fingerprint density at radius 1 is 0.279 bits per heavy atom. The number of hydrogen-bond acceptors (Lipinski definition) is 0. The Hall–Kier alpha value is -8.55. The molecule has 2 nitrogen and oxygen atoms in total. The van der Waals surface area contributed by atoms with Crippen molar-refractivity contribution in [3.05, 3.63) is 242 Å². The Morgan fingerprint density at radius 3 is 0.897 bits per heavy atom. The smallest absolute Gasteiger partial charge is 0.307 e. The van der Waals surface area contributed by atoms with E-state index in [0.29, 0.717) is 22.8 Å². The third-order valence-electron chi connectivity index (χ3n) is 13.0. The van der Waals surface area contributed by atoms with Crippen LogP contribution in [0.5, 0.6) is 0 Å². The zero-order valence-corrected chi connectivity index (χ0v) is 36.1. The average molecular weight is 893 g/mol. The van der Waals surface area contributed by atoms with E-state index >= 15 is 22.0 Å². The second-order valence-corrected chi connectivity index (χ2v) is 17.1. The van der Waals surface area contributed by atoms with E-state index in [2.05, 4.69) is 24.3 Å². The van der Waals surface area contributed by atoms with Crippen molar-refractivity contribution in [2.75, 3.05) is 0 Å². The van der Waals surface area contributed by atoms with Gasteiger partial charge in [-0.25, -0.2) is 8.78 Å². The van der Waals surface area contributed by atoms with Gasteiger partial charge in [0, 0.05) is 27.6 Å². The maximum absolute atomic E-state index is 15.9. The summed E-state index contributed by atoms with van der Waals surface area (Å²) < 4.78 is 81.7. The van der Waals surface area contributed by atoms with Crippen molar-refractivity contribution in [3.8, 4) is 67.0 Å². The third-order valence-corrected chi connectivity index (χ3v) is 13.0. The molecule has 2 aromatic heterocycles. The predicted molar refractivity (Wildman–Crippen MR) is 267 cm³/mol. The van der Waals surface area contributed by atoms with Crippen LogP contribution in [0.15, 0.2) is 224 Å². The van der Waals surface area contributed by atoms with E-state index in [4.69, 9.17) is 0 Å². The molecule has 0 saturated carbocycles. The second-order valence-electron chi connectivity index (χ2n) is 17.1. The van der Waals surface area contributed by atoms with Crippen LogP contribution in [0.2, 0.25) is 0 Å². The summed E-state index contributed by atoms with van der Waals surface area (Å²) in [6, 6.07) is 69.6. The number of benzene rings is 10. The molecule has 0 bridgehead atoms. The Labute approximate surface area is 388 Å². The van der Waals surface area contributed by atoms with Gasteiger partial charge in [0.15, 0.2) is 0 Å². The zero-order valence-electron chi connectivity index (χ0n) is 36.1. The maximum Gasteiger partial charge on any atom is 0.417 e. The van der Waals surface area contributed by atoms with Gasteiger partial charge in [0.2, 0.25) is 0 Å². The molecule has 0 radical (unpaired) electrons. The molecule has 0 unspecified atom stereocenters. The number of alkyl halides is 3. The summed E-state index contributed by atoms with van der Waals surface area (Å²) >= 11 is 0. The standard InChI is InChI=1S/C61H37F5N2/c62-47-29-46(30-48(63)35-47)49-36-59(67-55-25-21-42(38-13-5-1-6-14-38)31-50(55)51-32-43(22-26-56(51)67)39-15-7-2-8-16-39)60(37-54(49)61(64,65)66)68-57-27-23-44(40-17-9-3-10-18-40)33-52(57)53-34-45(24-28-58(53)68)41-19-11-4-12-20-41/h1-37H. The summed E-state index contributed by atoms with van der Waals surface area (Å²) in [4.78, 5) is 0. The van der Waals surface area contributed by atoms with Crippen molar-refractivity contribution in [1.82, 2.24) is 9.13 Å². The van der Waals surface area contributed by atoms with Gasteiger partial charge in [-0.15, -0.1) is 0 Å². The molecule has 0 atom stereocenters. The first-order valence-electron chi connectivity index (χ1n) is 22.3. The average Bonchev–Trinajstić information content (AvgIpc) is 3.87. The van der Waals surface area contributed by atoms with Gasteiger partial charge in [0.05, 0.1) is 39.0 Å². The molecule has 0 spiro atoms. The first-order valence-corrected chi connectivity index (χ1v) is 22.3. The molecule has 7 heteroatoms. The molecular weight excluding hydrogens is 856 g/mol. The van der Waals surface area contributed by atoms with E-state index in [1.165, 1.54) is 6.07 Å². The van der Waals surface area contributed by atoms with Gasteiger partial charge < -0.3 is 9.13 Å². The highest BCUT2D eigenvalue weighted by Crippen LogP contribution is 2.47. The van der Waals surface area contributed by atoms with Crippen LogP contribution in [0.1, 0.15) is 5.56 Å². The van der Waals surface area contributed by atoms with E-state index in [0.717, 1.165) is 95.3 Å². The van der Waals surface area contributed by atoms with Crippen LogP contribution in [-0.2, 0) is 6.18 Å². The normalized spacial score (nSPS) is 11.9. The zero-order chi connectivity index (χ0) is 46.1. The highest BCUT2D eigenvalue weighted by Gasteiger charge is 2.36. The number of halogens is 5. The quantitative estimate of drug-likeness (QED) is 0.141. The third kappa shape index (κ3) is 7.02. The fraction of sp³-hybridized carbons (Fsp3) is 0.0164. The summed E-state index contributed by atoms with van der Waals surface area (Å²) in [7, 11) is 0. The van der Waals surface area contributed by atoms with Crippen molar-refractivity contribution in [3.63, 3.8) is 0 Å². The largest absolute Gasteiger partial charge is 0.417 e. The van der Waals surface area contributed by atoms with Crippen molar-refractivity contribution in [2.24, 2.45) is 0 Å². The highest BCUT2D eigenvalue weighted by atomic mass is 19.4. The Balaban J connectivity index is 1.23. The van der Waals surface area contributed by atoms with Crippen LogP contribution < -0.4 is 0 Å². The molecule has 12 aromatic rings. The molecule has 326 valence electrons. The Morgan fingerprint density at radius 2 is 0.588 bits per heavy atom. The van der Waals surface area contributed by atoms with Crippen molar-refractivity contribution < 1.29 is 22.0 Å². The maximum atomic E-state index is 15.9. The van der Waals surface area contributed by atoms with E-state index in [1.807, 2.05) is 179 Å². The molecule has 0 aliphatic heterocycles. The van der Waals surface area contributed by atoms with Crippen LogP contribution in [-0.4, -0.2) is 9.13 Å². The van der Waals surface area contributed by atoms with Crippen LogP contribution in [0, 0.1) is 11.6 Å². The van der Waals surface area contributed by atoms with Crippen molar-refractivity contribution in [1.29, 1.82) is 0 Å². The summed E-state index contributed by atoms with van der Waals surface area (Å²) in [5.74, 6) is -1.97. The lowest BCUT2D eigenvalue weighted by Crippen LogP contribution is -2.12. The summed E-state index contributed by atoms with van der Waals surface area (Å²) in [5, 5.41) is 3.45. The molecule has 0 amide bonds. The molecule has 12 rings (SSSR count). The molecule has 0 aliphatic rings. The van der Waals surface area contributed by atoms with Gasteiger partial charge in [0.25, 0.3) is 0 Å². The minimum Gasteiger partial charge on any atom is -0.307 e. The molecule has 0 saturated heterocycles. The van der Waals surface area contributed by atoms with Crippen LogP contribution in [0.4, 0.5) is 22.0 Å². The molecule has 0 N–H and O–H groups in total. The topological polar surface area (TPSA) is 9.86 Å².